The number of hydrogen-bond acceptors (Lipinski definition) is 4. The maximum atomic E-state index is 13.3. The van der Waals surface area contributed by atoms with Crippen LogP contribution in [0.3, 0.4) is 0 Å². The zero-order chi connectivity index (χ0) is 18.2. The van der Waals surface area contributed by atoms with Gasteiger partial charge >= 0.3 is 0 Å². The molecule has 1 amide bonds. The third-order valence-corrected chi connectivity index (χ3v) is 6.25. The molecule has 0 saturated carbocycles. The van der Waals surface area contributed by atoms with Crippen molar-refractivity contribution in [1.82, 2.24) is 24.9 Å². The van der Waals surface area contributed by atoms with Gasteiger partial charge in [-0.25, -0.2) is 4.68 Å². The Morgan fingerprint density at radius 3 is 2.70 bits per heavy atom. The van der Waals surface area contributed by atoms with E-state index in [1.807, 2.05) is 27.8 Å². The number of aromatic nitrogens is 2. The molecule has 3 aliphatic rings. The van der Waals surface area contributed by atoms with Gasteiger partial charge in [-0.15, -0.1) is 0 Å². The highest BCUT2D eigenvalue weighted by molar-refractivity contribution is 5.94. The van der Waals surface area contributed by atoms with Gasteiger partial charge in [0.2, 0.25) is 0 Å². The predicted octanol–water partition coefficient (Wildman–Crippen LogP) is 1.48. The lowest BCUT2D eigenvalue weighted by Gasteiger charge is -2.32. The number of nitrogens with one attached hydrogen (secondary N) is 1. The maximum absolute atomic E-state index is 13.3. The molecule has 1 atom stereocenters. The van der Waals surface area contributed by atoms with Gasteiger partial charge in [0.25, 0.3) is 5.91 Å². The molecule has 2 aromatic rings. The van der Waals surface area contributed by atoms with E-state index in [1.165, 1.54) is 11.3 Å². The van der Waals surface area contributed by atoms with Crippen LogP contribution in [0.2, 0.25) is 0 Å². The third kappa shape index (κ3) is 3.07. The molecule has 3 heterocycles. The first-order valence-corrected chi connectivity index (χ1v) is 10.2. The van der Waals surface area contributed by atoms with Crippen molar-refractivity contribution in [1.29, 1.82) is 0 Å². The summed E-state index contributed by atoms with van der Waals surface area (Å²) < 4.78 is 2.00. The number of rotatable bonds is 3. The van der Waals surface area contributed by atoms with Crippen molar-refractivity contribution in [3.63, 3.8) is 0 Å². The minimum atomic E-state index is 0.125. The molecule has 2 saturated heterocycles. The van der Waals surface area contributed by atoms with E-state index < -0.39 is 0 Å². The summed E-state index contributed by atoms with van der Waals surface area (Å²) in [5, 5.41) is 8.20. The fourth-order valence-corrected chi connectivity index (χ4v) is 4.81. The molecule has 0 radical (unpaired) electrons. The summed E-state index contributed by atoms with van der Waals surface area (Å²) in [4.78, 5) is 17.9. The lowest BCUT2D eigenvalue weighted by molar-refractivity contribution is 0.0766. The topological polar surface area (TPSA) is 53.4 Å². The Kier molecular flexibility index (Phi) is 4.45. The van der Waals surface area contributed by atoms with Crippen LogP contribution in [0.25, 0.3) is 5.69 Å². The van der Waals surface area contributed by atoms with Crippen LogP contribution in [0, 0.1) is 0 Å². The molecule has 6 heteroatoms. The molecule has 1 aromatic carbocycles. The van der Waals surface area contributed by atoms with Crippen molar-refractivity contribution in [3.05, 3.63) is 47.3 Å². The first-order valence-electron chi connectivity index (χ1n) is 10.2. The molecule has 1 aliphatic carbocycles. The Bertz CT molecular complexity index is 825. The predicted molar refractivity (Wildman–Crippen MR) is 104 cm³/mol. The van der Waals surface area contributed by atoms with Gasteiger partial charge in [0, 0.05) is 56.6 Å². The number of carbonyl (C=O) groups excluding carboxylic acids is 1. The van der Waals surface area contributed by atoms with E-state index in [0.29, 0.717) is 11.7 Å². The fourth-order valence-electron chi connectivity index (χ4n) is 4.81. The van der Waals surface area contributed by atoms with E-state index in [-0.39, 0.29) is 5.91 Å². The molecule has 0 spiro atoms. The number of hydrogen-bond donors (Lipinski definition) is 1. The van der Waals surface area contributed by atoms with Crippen LogP contribution >= 0.6 is 0 Å². The molecule has 6 nitrogen and oxygen atoms in total. The molecule has 1 unspecified atom stereocenters. The van der Waals surface area contributed by atoms with Crippen LogP contribution in [0.4, 0.5) is 0 Å². The van der Waals surface area contributed by atoms with E-state index in [2.05, 4.69) is 22.3 Å². The lowest BCUT2D eigenvalue weighted by atomic mass is 10.2. The van der Waals surface area contributed by atoms with Gasteiger partial charge in [-0.3, -0.25) is 9.69 Å². The Morgan fingerprint density at radius 2 is 1.89 bits per heavy atom. The highest BCUT2D eigenvalue weighted by Gasteiger charge is 2.35. The lowest BCUT2D eigenvalue weighted by Crippen LogP contribution is -2.49. The second-order valence-electron chi connectivity index (χ2n) is 7.85. The standard InChI is InChI=1S/C21H27N5O/c27-21(25-12-9-17(15-25)24-13-10-22-11-14-24)20-18-7-4-8-19(18)26(23-20)16-5-2-1-3-6-16/h1-3,5-6,17,22H,4,7-15H2. The minimum Gasteiger partial charge on any atom is -0.336 e. The second kappa shape index (κ2) is 7.09. The number of nitrogens with zero attached hydrogens (tertiary/aromatic N) is 4. The Hall–Kier alpha value is -2.18. The van der Waals surface area contributed by atoms with E-state index in [0.717, 1.165) is 70.6 Å². The summed E-state index contributed by atoms with van der Waals surface area (Å²) in [5.74, 6) is 0.125. The summed E-state index contributed by atoms with van der Waals surface area (Å²) in [6.45, 7) is 5.97. The number of fused-ring (bicyclic) bond motifs is 1. The van der Waals surface area contributed by atoms with Gasteiger partial charge in [0.15, 0.2) is 5.69 Å². The van der Waals surface area contributed by atoms with Crippen molar-refractivity contribution in [2.45, 2.75) is 31.7 Å². The van der Waals surface area contributed by atoms with Crippen molar-refractivity contribution in [3.8, 4) is 5.69 Å². The van der Waals surface area contributed by atoms with E-state index >= 15 is 0 Å². The minimum absolute atomic E-state index is 0.125. The van der Waals surface area contributed by atoms with Crippen LogP contribution in [-0.4, -0.2) is 70.8 Å². The molecule has 142 valence electrons. The molecule has 27 heavy (non-hydrogen) atoms. The molecular weight excluding hydrogens is 338 g/mol. The molecule has 5 rings (SSSR count). The van der Waals surface area contributed by atoms with Gasteiger partial charge in [-0.2, -0.15) is 5.10 Å². The van der Waals surface area contributed by atoms with Crippen molar-refractivity contribution in [2.24, 2.45) is 0 Å². The van der Waals surface area contributed by atoms with Crippen LogP contribution in [-0.2, 0) is 12.8 Å². The summed E-state index contributed by atoms with van der Waals surface area (Å²) in [6, 6.07) is 10.7. The van der Waals surface area contributed by atoms with Crippen LogP contribution in [0.15, 0.2) is 30.3 Å². The van der Waals surface area contributed by atoms with Crippen molar-refractivity contribution >= 4 is 5.91 Å². The van der Waals surface area contributed by atoms with Crippen molar-refractivity contribution < 1.29 is 4.79 Å². The van der Waals surface area contributed by atoms with Crippen LogP contribution in [0.5, 0.6) is 0 Å². The number of likely N-dealkylation sites (tertiary alicyclic amines) is 1. The zero-order valence-corrected chi connectivity index (χ0v) is 15.7. The quantitative estimate of drug-likeness (QED) is 0.895. The van der Waals surface area contributed by atoms with Crippen molar-refractivity contribution in [2.75, 3.05) is 39.3 Å². The Balaban J connectivity index is 1.38. The summed E-state index contributed by atoms with van der Waals surface area (Å²) in [5.41, 5.74) is 4.14. The maximum Gasteiger partial charge on any atom is 0.274 e. The monoisotopic (exact) mass is 365 g/mol. The average molecular weight is 365 g/mol. The Labute approximate surface area is 160 Å². The zero-order valence-electron chi connectivity index (χ0n) is 15.7. The van der Waals surface area contributed by atoms with E-state index in [9.17, 15) is 4.79 Å². The highest BCUT2D eigenvalue weighted by Crippen LogP contribution is 2.29. The summed E-state index contributed by atoms with van der Waals surface area (Å²) in [6.07, 6.45) is 4.17. The largest absolute Gasteiger partial charge is 0.336 e. The molecule has 2 fully saturated rings. The number of amides is 1. The first-order chi connectivity index (χ1) is 13.3. The fraction of sp³-hybridized carbons (Fsp3) is 0.524. The number of para-hydroxylation sites is 1. The normalized spacial score (nSPS) is 23.0. The van der Waals surface area contributed by atoms with Crippen LogP contribution < -0.4 is 5.32 Å². The van der Waals surface area contributed by atoms with Gasteiger partial charge in [-0.05, 0) is 37.8 Å². The SMILES string of the molecule is O=C(c1nn(-c2ccccc2)c2c1CCC2)N1CCC(N2CCNCC2)C1. The molecule has 0 bridgehead atoms. The van der Waals surface area contributed by atoms with Gasteiger partial charge in [0.1, 0.15) is 0 Å². The van der Waals surface area contributed by atoms with Crippen LogP contribution in [0.1, 0.15) is 34.6 Å². The molecule has 2 aliphatic heterocycles. The third-order valence-electron chi connectivity index (χ3n) is 6.25. The van der Waals surface area contributed by atoms with E-state index in [4.69, 9.17) is 5.10 Å². The number of piperazine rings is 1. The average Bonchev–Trinajstić information content (AvgIpc) is 3.45. The number of carbonyl (C=O) groups is 1. The molecule has 1 aromatic heterocycles. The number of benzene rings is 1. The second-order valence-corrected chi connectivity index (χ2v) is 7.85. The summed E-state index contributed by atoms with van der Waals surface area (Å²) >= 11 is 0. The summed E-state index contributed by atoms with van der Waals surface area (Å²) in [7, 11) is 0. The van der Waals surface area contributed by atoms with Gasteiger partial charge in [0.05, 0.1) is 5.69 Å². The van der Waals surface area contributed by atoms with E-state index in [1.54, 1.807) is 0 Å². The van der Waals surface area contributed by atoms with Gasteiger partial charge < -0.3 is 10.2 Å². The van der Waals surface area contributed by atoms with Gasteiger partial charge in [-0.1, -0.05) is 18.2 Å². The highest BCUT2D eigenvalue weighted by atomic mass is 16.2. The smallest absolute Gasteiger partial charge is 0.274 e. The Morgan fingerprint density at radius 1 is 1.07 bits per heavy atom. The molecular formula is C21H27N5O. The first kappa shape index (κ1) is 17.0. The molecule has 1 N–H and O–H groups in total.